The molecular weight excluding hydrogens is 505 g/mol. The molecular formula is C6H15ClNOW2-. The first-order valence-corrected chi connectivity index (χ1v) is 2.37. The average Bonchev–Trinajstić information content (AvgIpc) is 1.31. The molecule has 5 heteroatoms. The molecule has 0 saturated heterocycles. The maximum atomic E-state index is 10.3. The van der Waals surface area contributed by atoms with Gasteiger partial charge in [-0.05, 0) is 11.8 Å². The van der Waals surface area contributed by atoms with Crippen LogP contribution < -0.4 is 6.15 Å². The van der Waals surface area contributed by atoms with E-state index >= 15 is 0 Å². The van der Waals surface area contributed by atoms with E-state index in [4.69, 9.17) is 11.6 Å². The number of carbonyl (C=O) groups is 1. The molecule has 2 nitrogen and oxygen atoms in total. The Morgan fingerprint density at radius 2 is 1.55 bits per heavy atom. The van der Waals surface area contributed by atoms with Crippen molar-refractivity contribution < 1.29 is 46.9 Å². The zero-order valence-corrected chi connectivity index (χ0v) is 12.6. The SMILES string of the molecule is C.N.[CH2-]C(C)(Cl)C(C)=O.[W].[W]. The summed E-state index contributed by atoms with van der Waals surface area (Å²) in [5, 5.41) is 0. The molecule has 0 saturated carbocycles. The number of hydrogen-bond donors (Lipinski definition) is 1. The Bertz CT molecular complexity index is 93.1. The van der Waals surface area contributed by atoms with E-state index in [1.807, 2.05) is 0 Å². The van der Waals surface area contributed by atoms with Gasteiger partial charge in [-0.3, -0.25) is 0 Å². The molecule has 0 amide bonds. The zero-order valence-electron chi connectivity index (χ0n) is 6.02. The summed E-state index contributed by atoms with van der Waals surface area (Å²) in [6.45, 7) is 6.37. The van der Waals surface area contributed by atoms with Crippen LogP contribution in [0.4, 0.5) is 0 Å². The third-order valence-electron chi connectivity index (χ3n) is 0.734. The molecule has 3 N–H and O–H groups in total. The quantitative estimate of drug-likeness (QED) is 0.426. The van der Waals surface area contributed by atoms with Crippen molar-refractivity contribution in [2.45, 2.75) is 26.1 Å². The molecule has 0 aliphatic heterocycles. The van der Waals surface area contributed by atoms with Crippen LogP contribution in [0.2, 0.25) is 0 Å². The smallest absolute Gasteiger partial charge is 0.120 e. The van der Waals surface area contributed by atoms with Gasteiger partial charge in [0.25, 0.3) is 0 Å². The van der Waals surface area contributed by atoms with Crippen molar-refractivity contribution in [3.63, 3.8) is 0 Å². The molecule has 0 aromatic rings. The van der Waals surface area contributed by atoms with Gasteiger partial charge in [0.15, 0.2) is 0 Å². The molecule has 0 spiro atoms. The summed E-state index contributed by atoms with van der Waals surface area (Å²) in [4.78, 5) is 9.35. The van der Waals surface area contributed by atoms with Crippen molar-refractivity contribution in [2.75, 3.05) is 0 Å². The molecule has 0 heterocycles. The predicted octanol–water partition coefficient (Wildman–Crippen LogP) is 2.20. The Hall–Kier alpha value is 1.30. The minimum atomic E-state index is -0.917. The molecule has 0 fully saturated rings. The van der Waals surface area contributed by atoms with Crippen LogP contribution >= 0.6 is 11.6 Å². The Morgan fingerprint density at radius 3 is 1.55 bits per heavy atom. The molecule has 1 atom stereocenters. The van der Waals surface area contributed by atoms with Crippen molar-refractivity contribution in [3.05, 3.63) is 6.92 Å². The van der Waals surface area contributed by atoms with Crippen LogP contribution in [0.3, 0.4) is 0 Å². The summed E-state index contributed by atoms with van der Waals surface area (Å²) >= 11 is 5.41. The van der Waals surface area contributed by atoms with E-state index in [0.29, 0.717) is 0 Å². The Morgan fingerprint density at radius 1 is 1.45 bits per heavy atom. The van der Waals surface area contributed by atoms with Crippen LogP contribution in [0.5, 0.6) is 0 Å². The second kappa shape index (κ2) is 11.3. The Kier molecular flexibility index (Phi) is 30.3. The van der Waals surface area contributed by atoms with Gasteiger partial charge in [0, 0.05) is 42.1 Å². The van der Waals surface area contributed by atoms with Gasteiger partial charge < -0.3 is 17.9 Å². The van der Waals surface area contributed by atoms with Gasteiger partial charge in [-0.1, -0.05) is 14.4 Å². The van der Waals surface area contributed by atoms with E-state index in [-0.39, 0.29) is 61.5 Å². The van der Waals surface area contributed by atoms with Gasteiger partial charge in [0.1, 0.15) is 5.78 Å². The number of alkyl halides is 1. The average molecular weight is 520 g/mol. The maximum Gasteiger partial charge on any atom is 0.120 e. The standard InChI is InChI=1S/C5H8ClO.CH4.H3N.2W/c1-4(7)5(2,3)6;;;;/h2H2,1,3H3;1H4;1H3;;/q-1;;;;. The molecule has 1 unspecified atom stereocenters. The molecule has 70 valence electrons. The van der Waals surface area contributed by atoms with E-state index < -0.39 is 4.87 Å². The minimum Gasteiger partial charge on any atom is -0.344 e. The fraction of sp³-hybridized carbons (Fsp3) is 0.667. The minimum absolute atomic E-state index is 0. The third kappa shape index (κ3) is 18.3. The molecule has 0 aromatic heterocycles. The monoisotopic (exact) mass is 520 g/mol. The number of carbonyl (C=O) groups excluding carboxylic acids is 1. The molecule has 0 rings (SSSR count). The normalized spacial score (nSPS) is 11.6. The predicted molar refractivity (Wildman–Crippen MR) is 42.0 cm³/mol. The van der Waals surface area contributed by atoms with E-state index in [9.17, 15) is 4.79 Å². The molecule has 0 aliphatic carbocycles. The van der Waals surface area contributed by atoms with Crippen molar-refractivity contribution in [1.82, 2.24) is 6.15 Å². The molecule has 0 aliphatic rings. The second-order valence-corrected chi connectivity index (χ2v) is 2.59. The number of hydrogen-bond acceptors (Lipinski definition) is 2. The van der Waals surface area contributed by atoms with E-state index in [2.05, 4.69) is 6.92 Å². The van der Waals surface area contributed by atoms with Crippen LogP contribution in [-0.4, -0.2) is 10.7 Å². The topological polar surface area (TPSA) is 52.1 Å². The van der Waals surface area contributed by atoms with Gasteiger partial charge in [0.05, 0.1) is 0 Å². The zero-order chi connectivity index (χ0) is 6.08. The summed E-state index contributed by atoms with van der Waals surface area (Å²) < 4.78 is 0. The fourth-order valence-electron chi connectivity index (χ4n) is 0. The van der Waals surface area contributed by atoms with Gasteiger partial charge in [-0.25, -0.2) is 0 Å². The van der Waals surface area contributed by atoms with E-state index in [1.165, 1.54) is 6.92 Å². The number of rotatable bonds is 1. The van der Waals surface area contributed by atoms with Crippen LogP contribution in [0.25, 0.3) is 0 Å². The van der Waals surface area contributed by atoms with Gasteiger partial charge >= 0.3 is 0 Å². The molecule has 11 heavy (non-hydrogen) atoms. The first-order valence-electron chi connectivity index (χ1n) is 2.00. The van der Waals surface area contributed by atoms with Gasteiger partial charge in [0.2, 0.25) is 0 Å². The van der Waals surface area contributed by atoms with E-state index in [1.54, 1.807) is 6.92 Å². The largest absolute Gasteiger partial charge is 0.344 e. The molecule has 0 bridgehead atoms. The summed E-state index contributed by atoms with van der Waals surface area (Å²) in [6.07, 6.45) is 0. The number of Topliss-reactive ketones (excluding diaryl/α,β-unsaturated/α-hetero) is 1. The van der Waals surface area contributed by atoms with Crippen molar-refractivity contribution in [2.24, 2.45) is 0 Å². The molecule has 0 radical (unpaired) electrons. The third-order valence-corrected chi connectivity index (χ3v) is 1.00. The van der Waals surface area contributed by atoms with Gasteiger partial charge in [-0.15, -0.1) is 11.6 Å². The first-order chi connectivity index (χ1) is 2.94. The van der Waals surface area contributed by atoms with Crippen molar-refractivity contribution in [1.29, 1.82) is 0 Å². The van der Waals surface area contributed by atoms with E-state index in [0.717, 1.165) is 0 Å². The van der Waals surface area contributed by atoms with Crippen LogP contribution in [-0.2, 0) is 46.9 Å². The van der Waals surface area contributed by atoms with Crippen LogP contribution in [0, 0.1) is 6.92 Å². The van der Waals surface area contributed by atoms with Crippen LogP contribution in [0.15, 0.2) is 0 Å². The Labute approximate surface area is 103 Å². The summed E-state index contributed by atoms with van der Waals surface area (Å²) in [6, 6.07) is 0. The number of ketones is 1. The Balaban J connectivity index is -0.0000000300. The fourth-order valence-corrected chi connectivity index (χ4v) is 0. The first kappa shape index (κ1) is 29.5. The summed E-state index contributed by atoms with van der Waals surface area (Å²) in [7, 11) is 0. The summed E-state index contributed by atoms with van der Waals surface area (Å²) in [5.41, 5.74) is 0. The van der Waals surface area contributed by atoms with Crippen molar-refractivity contribution >= 4 is 17.4 Å². The number of halogens is 1. The van der Waals surface area contributed by atoms with Crippen LogP contribution in [0.1, 0.15) is 21.3 Å². The van der Waals surface area contributed by atoms with Crippen molar-refractivity contribution in [3.8, 4) is 0 Å². The maximum absolute atomic E-state index is 10.3. The second-order valence-electron chi connectivity index (χ2n) is 1.75. The van der Waals surface area contributed by atoms with Gasteiger partial charge in [-0.2, -0.15) is 0 Å². The summed E-state index contributed by atoms with van der Waals surface area (Å²) in [5.74, 6) is -0.103. The molecule has 0 aromatic carbocycles.